The van der Waals surface area contributed by atoms with Gasteiger partial charge in [0.25, 0.3) is 0 Å². The second-order valence-corrected chi connectivity index (χ2v) is 3.97. The average Bonchev–Trinajstić information content (AvgIpc) is 2.61. The summed E-state index contributed by atoms with van der Waals surface area (Å²) in [4.78, 5) is 0. The second kappa shape index (κ2) is 4.20. The first-order chi connectivity index (χ1) is 8.40. The quantitative estimate of drug-likeness (QED) is 0.899. The summed E-state index contributed by atoms with van der Waals surface area (Å²) in [5, 5.41) is 0.478. The fourth-order valence-corrected chi connectivity index (χ4v) is 2.19. The molecule has 18 heavy (non-hydrogen) atoms. The van der Waals surface area contributed by atoms with Crippen LogP contribution >= 0.6 is 0 Å². The van der Waals surface area contributed by atoms with Gasteiger partial charge in [-0.2, -0.15) is 13.2 Å². The molecule has 0 aliphatic heterocycles. The number of methoxy groups -OCH3 is 1. The van der Waals surface area contributed by atoms with E-state index in [0.29, 0.717) is 16.7 Å². The normalized spacial score (nSPS) is 12.1. The van der Waals surface area contributed by atoms with Crippen LogP contribution in [0.2, 0.25) is 0 Å². The largest absolute Gasteiger partial charge is 0.497 e. The van der Waals surface area contributed by atoms with Crippen molar-refractivity contribution in [3.05, 3.63) is 29.5 Å². The van der Waals surface area contributed by atoms with E-state index in [2.05, 4.69) is 0 Å². The molecule has 3 nitrogen and oxygen atoms in total. The predicted molar refractivity (Wildman–Crippen MR) is 62.4 cm³/mol. The van der Waals surface area contributed by atoms with E-state index in [1.165, 1.54) is 14.2 Å². The summed E-state index contributed by atoms with van der Waals surface area (Å²) in [6.45, 7) is -0.167. The molecule has 1 heterocycles. The van der Waals surface area contributed by atoms with Crippen LogP contribution in [0.25, 0.3) is 10.9 Å². The Morgan fingerprint density at radius 1 is 1.33 bits per heavy atom. The first-order valence-electron chi connectivity index (χ1n) is 5.32. The van der Waals surface area contributed by atoms with Crippen LogP contribution in [0.3, 0.4) is 0 Å². The van der Waals surface area contributed by atoms with E-state index in [-0.39, 0.29) is 12.1 Å². The molecule has 0 unspecified atom stereocenters. The zero-order valence-corrected chi connectivity index (χ0v) is 10.0. The highest BCUT2D eigenvalue weighted by Crippen LogP contribution is 2.38. The molecule has 0 spiro atoms. The van der Waals surface area contributed by atoms with Gasteiger partial charge in [-0.3, -0.25) is 0 Å². The molecule has 1 aromatic carbocycles. The number of nitrogens with two attached hydrogens (primary N) is 1. The molecule has 0 saturated heterocycles. The van der Waals surface area contributed by atoms with Crippen molar-refractivity contribution in [2.24, 2.45) is 12.8 Å². The molecule has 0 aliphatic rings. The van der Waals surface area contributed by atoms with Gasteiger partial charge in [-0.15, -0.1) is 0 Å². The van der Waals surface area contributed by atoms with E-state index < -0.39 is 11.9 Å². The van der Waals surface area contributed by atoms with Crippen molar-refractivity contribution in [1.82, 2.24) is 4.57 Å². The van der Waals surface area contributed by atoms with E-state index in [1.54, 1.807) is 18.2 Å². The summed E-state index contributed by atoms with van der Waals surface area (Å²) in [5.41, 5.74) is 5.35. The van der Waals surface area contributed by atoms with Crippen molar-refractivity contribution in [3.8, 4) is 5.75 Å². The Kier molecular flexibility index (Phi) is 2.98. The second-order valence-electron chi connectivity index (χ2n) is 3.97. The van der Waals surface area contributed by atoms with E-state index in [0.717, 1.165) is 4.57 Å². The Morgan fingerprint density at radius 2 is 2.00 bits per heavy atom. The summed E-state index contributed by atoms with van der Waals surface area (Å²) in [6, 6.07) is 4.80. The first-order valence-corrected chi connectivity index (χ1v) is 5.32. The minimum absolute atomic E-state index is 0.0962. The number of benzene rings is 1. The van der Waals surface area contributed by atoms with E-state index >= 15 is 0 Å². The van der Waals surface area contributed by atoms with Crippen LogP contribution in [-0.2, 0) is 19.8 Å². The van der Waals surface area contributed by atoms with Crippen LogP contribution in [-0.4, -0.2) is 11.7 Å². The standard InChI is InChI=1S/C12H13F3N2O/c1-17-10-4-3-7(18-2)5-8(10)9(6-16)11(17)12(13,14)15/h3-5H,6,16H2,1-2H3. The van der Waals surface area contributed by atoms with Crippen LogP contribution < -0.4 is 10.5 Å². The van der Waals surface area contributed by atoms with Crippen molar-refractivity contribution < 1.29 is 17.9 Å². The zero-order chi connectivity index (χ0) is 13.5. The number of aryl methyl sites for hydroxylation is 1. The number of fused-ring (bicyclic) bond motifs is 1. The van der Waals surface area contributed by atoms with Gasteiger partial charge >= 0.3 is 6.18 Å². The van der Waals surface area contributed by atoms with Crippen molar-refractivity contribution in [3.63, 3.8) is 0 Å². The van der Waals surface area contributed by atoms with Crippen LogP contribution in [0.5, 0.6) is 5.75 Å². The van der Waals surface area contributed by atoms with Crippen molar-refractivity contribution in [1.29, 1.82) is 0 Å². The predicted octanol–water partition coefficient (Wildman–Crippen LogP) is 2.66. The zero-order valence-electron chi connectivity index (χ0n) is 10.0. The van der Waals surface area contributed by atoms with Gasteiger partial charge < -0.3 is 15.0 Å². The van der Waals surface area contributed by atoms with Crippen LogP contribution in [0.4, 0.5) is 13.2 Å². The Balaban J connectivity index is 2.84. The highest BCUT2D eigenvalue weighted by Gasteiger charge is 2.37. The molecule has 0 bridgehead atoms. The number of rotatable bonds is 2. The molecule has 0 fully saturated rings. The monoisotopic (exact) mass is 258 g/mol. The fourth-order valence-electron chi connectivity index (χ4n) is 2.19. The van der Waals surface area contributed by atoms with Gasteiger partial charge in [-0.25, -0.2) is 0 Å². The minimum atomic E-state index is -4.42. The lowest BCUT2D eigenvalue weighted by Gasteiger charge is -2.10. The third-order valence-electron chi connectivity index (χ3n) is 2.98. The van der Waals surface area contributed by atoms with E-state index in [4.69, 9.17) is 10.5 Å². The summed E-state index contributed by atoms with van der Waals surface area (Å²) < 4.78 is 45.2. The summed E-state index contributed by atoms with van der Waals surface area (Å²) >= 11 is 0. The number of alkyl halides is 3. The smallest absolute Gasteiger partial charge is 0.431 e. The summed E-state index contributed by atoms with van der Waals surface area (Å²) in [7, 11) is 2.85. The van der Waals surface area contributed by atoms with Gasteiger partial charge in [-0.05, 0) is 18.2 Å². The minimum Gasteiger partial charge on any atom is -0.497 e. The first kappa shape index (κ1) is 12.8. The maximum Gasteiger partial charge on any atom is 0.431 e. The van der Waals surface area contributed by atoms with Crippen molar-refractivity contribution >= 4 is 10.9 Å². The number of ether oxygens (including phenoxy) is 1. The molecule has 6 heteroatoms. The number of hydrogen-bond donors (Lipinski definition) is 1. The topological polar surface area (TPSA) is 40.2 Å². The molecule has 2 aromatic rings. The molecule has 2 N–H and O–H groups in total. The number of nitrogens with zero attached hydrogens (tertiary/aromatic N) is 1. The molecule has 0 saturated carbocycles. The average molecular weight is 258 g/mol. The number of aromatic nitrogens is 1. The summed E-state index contributed by atoms with van der Waals surface area (Å²) in [6.07, 6.45) is -4.42. The molecular formula is C12H13F3N2O. The molecule has 0 aliphatic carbocycles. The Morgan fingerprint density at radius 3 is 2.50 bits per heavy atom. The van der Waals surface area contributed by atoms with Gasteiger partial charge in [0.1, 0.15) is 11.4 Å². The molecule has 2 rings (SSSR count). The molecule has 98 valence electrons. The Labute approximate surface area is 102 Å². The number of hydrogen-bond acceptors (Lipinski definition) is 2. The SMILES string of the molecule is COc1ccc2c(c1)c(CN)c(C(F)(F)F)n2C. The highest BCUT2D eigenvalue weighted by molar-refractivity contribution is 5.87. The van der Waals surface area contributed by atoms with Gasteiger partial charge in [-0.1, -0.05) is 0 Å². The highest BCUT2D eigenvalue weighted by atomic mass is 19.4. The van der Waals surface area contributed by atoms with Gasteiger partial charge in [0.15, 0.2) is 0 Å². The summed E-state index contributed by atoms with van der Waals surface area (Å²) in [5.74, 6) is 0.511. The third kappa shape index (κ3) is 1.82. The molecule has 0 atom stereocenters. The lowest BCUT2D eigenvalue weighted by Crippen LogP contribution is -2.15. The molecule has 0 radical (unpaired) electrons. The van der Waals surface area contributed by atoms with Gasteiger partial charge in [0.05, 0.1) is 7.11 Å². The van der Waals surface area contributed by atoms with E-state index in [1.807, 2.05) is 0 Å². The van der Waals surface area contributed by atoms with Crippen LogP contribution in [0.1, 0.15) is 11.3 Å². The lowest BCUT2D eigenvalue weighted by atomic mass is 10.1. The lowest BCUT2D eigenvalue weighted by molar-refractivity contribution is -0.143. The Hall–Kier alpha value is -1.69. The maximum atomic E-state index is 13.0. The number of halogens is 3. The van der Waals surface area contributed by atoms with Crippen LogP contribution in [0, 0.1) is 0 Å². The molecule has 0 amide bonds. The third-order valence-corrected chi connectivity index (χ3v) is 2.98. The Bertz CT molecular complexity index is 587. The van der Waals surface area contributed by atoms with Crippen molar-refractivity contribution in [2.75, 3.05) is 7.11 Å². The maximum absolute atomic E-state index is 13.0. The molecular weight excluding hydrogens is 245 g/mol. The van der Waals surface area contributed by atoms with Gasteiger partial charge in [0, 0.05) is 30.1 Å². The van der Waals surface area contributed by atoms with Gasteiger partial charge in [0.2, 0.25) is 0 Å². The van der Waals surface area contributed by atoms with E-state index in [9.17, 15) is 13.2 Å². The van der Waals surface area contributed by atoms with Crippen LogP contribution in [0.15, 0.2) is 18.2 Å². The van der Waals surface area contributed by atoms with Crippen molar-refractivity contribution in [2.45, 2.75) is 12.7 Å². The molecule has 1 aromatic heterocycles. The fraction of sp³-hybridized carbons (Fsp3) is 0.333.